The molecule has 0 saturated heterocycles. The Hall–Kier alpha value is -1.84. The highest BCUT2D eigenvalue weighted by molar-refractivity contribution is 6.17. The van der Waals surface area contributed by atoms with Crippen molar-refractivity contribution in [3.63, 3.8) is 0 Å². The minimum atomic E-state index is -0.0547. The molecule has 4 heteroatoms. The third kappa shape index (κ3) is 1.23. The fraction of sp³-hybridized carbons (Fsp3) is 0.333. The van der Waals surface area contributed by atoms with Crippen molar-refractivity contribution in [3.05, 3.63) is 29.3 Å². The van der Waals surface area contributed by atoms with E-state index < -0.39 is 0 Å². The molecule has 16 heavy (non-hydrogen) atoms. The van der Waals surface area contributed by atoms with Crippen LogP contribution in [0.4, 0.5) is 0 Å². The lowest BCUT2D eigenvalue weighted by molar-refractivity contribution is -0.122. The fourth-order valence-electron chi connectivity index (χ4n) is 2.36. The van der Waals surface area contributed by atoms with Crippen molar-refractivity contribution in [2.45, 2.75) is 12.8 Å². The van der Waals surface area contributed by atoms with Crippen LogP contribution in [0.25, 0.3) is 0 Å². The molecule has 1 aromatic rings. The van der Waals surface area contributed by atoms with Crippen LogP contribution in [-0.2, 0) is 11.2 Å². The second kappa shape index (κ2) is 3.33. The predicted octanol–water partition coefficient (Wildman–Crippen LogP) is 1.09. The number of rotatable bonds is 1. The summed E-state index contributed by atoms with van der Waals surface area (Å²) in [6, 6.07) is 5.92. The van der Waals surface area contributed by atoms with Crippen molar-refractivity contribution in [1.29, 1.82) is 0 Å². The fourth-order valence-corrected chi connectivity index (χ4v) is 2.36. The zero-order valence-electron chi connectivity index (χ0n) is 8.99. The van der Waals surface area contributed by atoms with Crippen LogP contribution in [0.5, 0.6) is 5.75 Å². The first-order valence-electron chi connectivity index (χ1n) is 5.34. The third-order valence-electron chi connectivity index (χ3n) is 3.22. The van der Waals surface area contributed by atoms with Crippen molar-refractivity contribution in [2.24, 2.45) is 11.0 Å². The molecule has 0 bridgehead atoms. The maximum absolute atomic E-state index is 11.5. The van der Waals surface area contributed by atoms with Gasteiger partial charge in [0.15, 0.2) is 0 Å². The van der Waals surface area contributed by atoms with Crippen LogP contribution in [0.3, 0.4) is 0 Å². The quantitative estimate of drug-likeness (QED) is 0.764. The number of carbonyl (C=O) groups is 1. The molecule has 0 radical (unpaired) electrons. The third-order valence-corrected chi connectivity index (χ3v) is 3.22. The number of aryl methyl sites for hydroxylation is 1. The van der Waals surface area contributed by atoms with Gasteiger partial charge in [0.2, 0.25) is 5.91 Å². The number of fused-ring (bicyclic) bond motifs is 3. The van der Waals surface area contributed by atoms with Gasteiger partial charge in [0, 0.05) is 5.56 Å². The molecule has 2 aliphatic rings. The molecule has 0 aromatic heterocycles. The Balaban J connectivity index is 2.07. The van der Waals surface area contributed by atoms with Crippen LogP contribution in [0.2, 0.25) is 0 Å². The molecule has 1 aliphatic heterocycles. The maximum Gasteiger partial charge on any atom is 0.249 e. The number of methoxy groups -OCH3 is 1. The summed E-state index contributed by atoms with van der Waals surface area (Å²) in [4.78, 5) is 11.5. The minimum absolute atomic E-state index is 0.0245. The number of nitrogens with zero attached hydrogens (tertiary/aromatic N) is 1. The molecule has 1 heterocycles. The van der Waals surface area contributed by atoms with Crippen molar-refractivity contribution >= 4 is 11.6 Å². The van der Waals surface area contributed by atoms with E-state index in [9.17, 15) is 4.79 Å². The molecule has 82 valence electrons. The number of carbonyl (C=O) groups excluding carboxylic acids is 1. The second-order valence-electron chi connectivity index (χ2n) is 4.09. The summed E-state index contributed by atoms with van der Waals surface area (Å²) in [7, 11) is 1.66. The molecular formula is C12H12N2O2. The Morgan fingerprint density at radius 3 is 3.19 bits per heavy atom. The molecule has 1 N–H and O–H groups in total. The van der Waals surface area contributed by atoms with Gasteiger partial charge in [0.25, 0.3) is 0 Å². The van der Waals surface area contributed by atoms with Gasteiger partial charge in [-0.05, 0) is 36.6 Å². The molecule has 0 unspecified atom stereocenters. The molecule has 0 saturated carbocycles. The summed E-state index contributed by atoms with van der Waals surface area (Å²) in [5.74, 6) is 0.826. The minimum Gasteiger partial charge on any atom is -0.497 e. The smallest absolute Gasteiger partial charge is 0.249 e. The first-order chi connectivity index (χ1) is 7.79. The molecule has 1 aromatic carbocycles. The number of benzene rings is 1. The van der Waals surface area contributed by atoms with Gasteiger partial charge in [0.05, 0.1) is 18.7 Å². The van der Waals surface area contributed by atoms with E-state index in [1.807, 2.05) is 18.2 Å². The number of hydrazone groups is 1. The second-order valence-corrected chi connectivity index (χ2v) is 4.09. The lowest BCUT2D eigenvalue weighted by atomic mass is 9.82. The van der Waals surface area contributed by atoms with Crippen molar-refractivity contribution in [3.8, 4) is 5.75 Å². The van der Waals surface area contributed by atoms with E-state index in [2.05, 4.69) is 10.5 Å². The summed E-state index contributed by atoms with van der Waals surface area (Å²) in [6.07, 6.45) is 1.74. The Morgan fingerprint density at radius 1 is 1.50 bits per heavy atom. The molecule has 0 fully saturated rings. The summed E-state index contributed by atoms with van der Waals surface area (Å²) in [5, 5.41) is 4.11. The standard InChI is InChI=1S/C12H12N2O2/c1-16-8-3-5-9-7(6-8)2-4-10-11(9)13-14-12(10)15/h3,5-6,10H,2,4H2,1H3,(H,14,15)/t10-/m0/s1. The van der Waals surface area contributed by atoms with Crippen LogP contribution in [0.15, 0.2) is 23.3 Å². The van der Waals surface area contributed by atoms with Crippen LogP contribution >= 0.6 is 0 Å². The summed E-state index contributed by atoms with van der Waals surface area (Å²) in [6.45, 7) is 0. The number of amides is 1. The van der Waals surface area contributed by atoms with Crippen molar-refractivity contribution < 1.29 is 9.53 Å². The lowest BCUT2D eigenvalue weighted by Gasteiger charge is -2.20. The van der Waals surface area contributed by atoms with Gasteiger partial charge in [0.1, 0.15) is 5.75 Å². The Labute approximate surface area is 93.3 Å². The van der Waals surface area contributed by atoms with Gasteiger partial charge < -0.3 is 4.74 Å². The zero-order chi connectivity index (χ0) is 11.1. The van der Waals surface area contributed by atoms with E-state index in [0.29, 0.717) is 0 Å². The summed E-state index contributed by atoms with van der Waals surface area (Å²) >= 11 is 0. The highest BCUT2D eigenvalue weighted by Gasteiger charge is 2.35. The molecule has 1 aliphatic carbocycles. The number of hydrogen-bond donors (Lipinski definition) is 1. The normalized spacial score (nSPS) is 21.9. The number of hydrogen-bond acceptors (Lipinski definition) is 3. The van der Waals surface area contributed by atoms with E-state index in [-0.39, 0.29) is 11.8 Å². The van der Waals surface area contributed by atoms with Gasteiger partial charge in [-0.25, -0.2) is 5.43 Å². The summed E-state index contributed by atoms with van der Waals surface area (Å²) < 4.78 is 5.19. The van der Waals surface area contributed by atoms with Crippen LogP contribution < -0.4 is 10.2 Å². The zero-order valence-corrected chi connectivity index (χ0v) is 8.99. The Bertz CT molecular complexity index is 494. The first-order valence-corrected chi connectivity index (χ1v) is 5.34. The van der Waals surface area contributed by atoms with E-state index in [4.69, 9.17) is 4.74 Å². The highest BCUT2D eigenvalue weighted by atomic mass is 16.5. The lowest BCUT2D eigenvalue weighted by Crippen LogP contribution is -2.27. The summed E-state index contributed by atoms with van der Waals surface area (Å²) in [5.41, 5.74) is 5.72. The van der Waals surface area contributed by atoms with E-state index in [0.717, 1.165) is 29.9 Å². The number of nitrogens with one attached hydrogen (secondary N) is 1. The van der Waals surface area contributed by atoms with Gasteiger partial charge in [-0.2, -0.15) is 5.10 Å². The van der Waals surface area contributed by atoms with Gasteiger partial charge in [-0.15, -0.1) is 0 Å². The van der Waals surface area contributed by atoms with Crippen LogP contribution in [-0.4, -0.2) is 18.7 Å². The molecule has 4 nitrogen and oxygen atoms in total. The molecular weight excluding hydrogens is 204 g/mol. The Morgan fingerprint density at radius 2 is 2.38 bits per heavy atom. The van der Waals surface area contributed by atoms with E-state index in [1.165, 1.54) is 5.56 Å². The van der Waals surface area contributed by atoms with E-state index >= 15 is 0 Å². The molecule has 3 rings (SSSR count). The first kappa shape index (κ1) is 9.39. The average Bonchev–Trinajstić information content (AvgIpc) is 2.70. The largest absolute Gasteiger partial charge is 0.497 e. The highest BCUT2D eigenvalue weighted by Crippen LogP contribution is 2.30. The molecule has 0 spiro atoms. The topological polar surface area (TPSA) is 50.7 Å². The van der Waals surface area contributed by atoms with Crippen molar-refractivity contribution in [2.75, 3.05) is 7.11 Å². The van der Waals surface area contributed by atoms with E-state index in [1.54, 1.807) is 7.11 Å². The van der Waals surface area contributed by atoms with Crippen molar-refractivity contribution in [1.82, 2.24) is 5.43 Å². The SMILES string of the molecule is COc1ccc2c(c1)CC[C@@H]1C(=O)NN=C21. The maximum atomic E-state index is 11.5. The Kier molecular flexibility index (Phi) is 1.96. The monoisotopic (exact) mass is 216 g/mol. The van der Waals surface area contributed by atoms with Crippen LogP contribution in [0, 0.1) is 5.92 Å². The molecule has 1 atom stereocenters. The van der Waals surface area contributed by atoms with Gasteiger partial charge in [-0.3, -0.25) is 4.79 Å². The van der Waals surface area contributed by atoms with Gasteiger partial charge >= 0.3 is 0 Å². The average molecular weight is 216 g/mol. The van der Waals surface area contributed by atoms with Crippen LogP contribution in [0.1, 0.15) is 17.5 Å². The predicted molar refractivity (Wildman–Crippen MR) is 59.5 cm³/mol. The number of ether oxygens (including phenoxy) is 1. The molecule has 1 amide bonds. The van der Waals surface area contributed by atoms with Gasteiger partial charge in [-0.1, -0.05) is 0 Å².